The Bertz CT molecular complexity index is 852. The van der Waals surface area contributed by atoms with Gasteiger partial charge in [-0.15, -0.1) is 0 Å². The van der Waals surface area contributed by atoms with Crippen molar-refractivity contribution in [1.82, 2.24) is 0 Å². The van der Waals surface area contributed by atoms with Crippen LogP contribution in [0.2, 0.25) is 5.02 Å². The van der Waals surface area contributed by atoms with Gasteiger partial charge in [0.05, 0.1) is 16.3 Å². The third-order valence-corrected chi connectivity index (χ3v) is 4.57. The minimum atomic E-state index is -4.78. The third-order valence-electron chi connectivity index (χ3n) is 2.72. The second-order valence-corrected chi connectivity index (χ2v) is 6.43. The van der Waals surface area contributed by atoms with Gasteiger partial charge in [-0.05, 0) is 30.3 Å². The molecule has 0 radical (unpaired) electrons. The van der Waals surface area contributed by atoms with Gasteiger partial charge >= 0.3 is 6.18 Å². The van der Waals surface area contributed by atoms with Gasteiger partial charge in [0.25, 0.3) is 10.0 Å². The van der Waals surface area contributed by atoms with Crippen LogP contribution in [-0.2, 0) is 16.2 Å². The predicted octanol–water partition coefficient (Wildman–Crippen LogP) is 4.44. The number of alkyl halides is 3. The average molecular weight is 372 g/mol. The van der Waals surface area contributed by atoms with E-state index in [9.17, 15) is 30.4 Å². The highest BCUT2D eigenvalue weighted by Gasteiger charge is 2.33. The maximum atomic E-state index is 13.5. The Morgan fingerprint density at radius 1 is 1.00 bits per heavy atom. The first-order valence-corrected chi connectivity index (χ1v) is 7.71. The van der Waals surface area contributed by atoms with E-state index >= 15 is 0 Å². The summed E-state index contributed by atoms with van der Waals surface area (Å²) in [4.78, 5) is -0.877. The lowest BCUT2D eigenvalue weighted by Gasteiger charge is -2.13. The molecule has 1 N–H and O–H groups in total. The molecule has 2 aromatic rings. The van der Waals surface area contributed by atoms with Crippen LogP contribution < -0.4 is 4.72 Å². The van der Waals surface area contributed by atoms with E-state index in [0.717, 1.165) is 18.2 Å². The van der Waals surface area contributed by atoms with E-state index in [4.69, 9.17) is 11.6 Å². The second kappa shape index (κ2) is 5.97. The number of benzene rings is 2. The van der Waals surface area contributed by atoms with Gasteiger partial charge in [0.1, 0.15) is 16.5 Å². The molecule has 0 saturated carbocycles. The van der Waals surface area contributed by atoms with Gasteiger partial charge in [-0.1, -0.05) is 11.6 Å². The third kappa shape index (κ3) is 3.91. The van der Waals surface area contributed by atoms with Crippen LogP contribution in [0.25, 0.3) is 0 Å². The summed E-state index contributed by atoms with van der Waals surface area (Å²) >= 11 is 5.62. The van der Waals surface area contributed by atoms with Crippen molar-refractivity contribution in [1.29, 1.82) is 0 Å². The molecule has 2 aromatic carbocycles. The second-order valence-electron chi connectivity index (χ2n) is 4.37. The number of sulfonamides is 1. The molecular weight excluding hydrogens is 365 g/mol. The van der Waals surface area contributed by atoms with E-state index in [1.165, 1.54) is 0 Å². The van der Waals surface area contributed by atoms with Gasteiger partial charge < -0.3 is 0 Å². The fourth-order valence-corrected chi connectivity index (χ4v) is 3.25. The molecule has 0 fully saturated rings. The lowest BCUT2D eigenvalue weighted by Crippen LogP contribution is -2.16. The zero-order valence-electron chi connectivity index (χ0n) is 11.0. The van der Waals surface area contributed by atoms with Gasteiger partial charge in [0.15, 0.2) is 0 Å². The zero-order valence-corrected chi connectivity index (χ0v) is 12.5. The summed E-state index contributed by atoms with van der Waals surface area (Å²) < 4.78 is 90.2. The Labute approximate surface area is 132 Å². The molecule has 0 heterocycles. The Hall–Kier alpha value is -1.87. The molecule has 2 rings (SSSR count). The summed E-state index contributed by atoms with van der Waals surface area (Å²) in [6, 6.07) is 3.70. The Morgan fingerprint density at radius 3 is 2.22 bits per heavy atom. The molecule has 0 bridgehead atoms. The van der Waals surface area contributed by atoms with Gasteiger partial charge in [-0.25, -0.2) is 17.2 Å². The summed E-state index contributed by atoms with van der Waals surface area (Å²) in [5.41, 5.74) is -1.86. The minimum absolute atomic E-state index is 0.325. The predicted molar refractivity (Wildman–Crippen MR) is 73.6 cm³/mol. The van der Waals surface area contributed by atoms with Crippen LogP contribution in [0, 0.1) is 11.6 Å². The van der Waals surface area contributed by atoms with E-state index in [2.05, 4.69) is 0 Å². The van der Waals surface area contributed by atoms with Crippen LogP contribution in [0.4, 0.5) is 27.6 Å². The number of hydrogen-bond acceptors (Lipinski definition) is 2. The zero-order chi connectivity index (χ0) is 17.4. The number of anilines is 1. The van der Waals surface area contributed by atoms with Gasteiger partial charge in [-0.3, -0.25) is 4.72 Å². The molecule has 0 atom stereocenters. The molecule has 124 valence electrons. The molecule has 0 unspecified atom stereocenters. The van der Waals surface area contributed by atoms with E-state index in [1.807, 2.05) is 0 Å². The summed E-state index contributed by atoms with van der Waals surface area (Å²) in [5.74, 6) is -2.17. The van der Waals surface area contributed by atoms with Gasteiger partial charge in [0, 0.05) is 6.07 Å². The van der Waals surface area contributed by atoms with Crippen LogP contribution in [0.15, 0.2) is 41.3 Å². The van der Waals surface area contributed by atoms with Crippen LogP contribution in [-0.4, -0.2) is 8.42 Å². The highest BCUT2D eigenvalue weighted by Crippen LogP contribution is 2.34. The van der Waals surface area contributed by atoms with E-state index in [-0.39, 0.29) is 0 Å². The molecule has 10 heteroatoms. The largest absolute Gasteiger partial charge is 0.416 e. The molecule has 23 heavy (non-hydrogen) atoms. The number of hydrogen-bond donors (Lipinski definition) is 1. The van der Waals surface area contributed by atoms with Crippen molar-refractivity contribution in [2.45, 2.75) is 11.1 Å². The summed E-state index contributed by atoms with van der Waals surface area (Å²) in [5, 5.41) is -0.479. The Kier molecular flexibility index (Phi) is 4.54. The molecule has 0 spiro atoms. The van der Waals surface area contributed by atoms with E-state index < -0.39 is 49.0 Å². The normalized spacial score (nSPS) is 12.3. The van der Waals surface area contributed by atoms with Crippen molar-refractivity contribution in [2.24, 2.45) is 0 Å². The summed E-state index contributed by atoms with van der Waals surface area (Å²) in [6.07, 6.45) is -4.78. The van der Waals surface area contributed by atoms with Crippen LogP contribution in [0.5, 0.6) is 0 Å². The molecule has 0 aliphatic heterocycles. The molecule has 0 amide bonds. The molecule has 0 saturated heterocycles. The maximum Gasteiger partial charge on any atom is 0.416 e. The quantitative estimate of drug-likeness (QED) is 0.811. The average Bonchev–Trinajstić information content (AvgIpc) is 2.41. The highest BCUT2D eigenvalue weighted by atomic mass is 35.5. The van der Waals surface area contributed by atoms with Crippen LogP contribution >= 0.6 is 11.6 Å². The van der Waals surface area contributed by atoms with Crippen molar-refractivity contribution in [3.63, 3.8) is 0 Å². The fourth-order valence-electron chi connectivity index (χ4n) is 1.66. The van der Waals surface area contributed by atoms with Crippen molar-refractivity contribution in [2.75, 3.05) is 4.72 Å². The first-order valence-electron chi connectivity index (χ1n) is 5.85. The SMILES string of the molecule is O=S(=O)(Nc1ccc(F)cc1F)c1cc(C(F)(F)F)ccc1Cl. The molecule has 0 aliphatic rings. The Balaban J connectivity index is 2.47. The van der Waals surface area contributed by atoms with Crippen molar-refractivity contribution >= 4 is 27.3 Å². The number of nitrogens with one attached hydrogen (secondary N) is 1. The molecular formula is C13H7ClF5NO2S. The first-order chi connectivity index (χ1) is 10.5. The number of halogens is 6. The first kappa shape index (κ1) is 17.5. The van der Waals surface area contributed by atoms with Crippen LogP contribution in [0.3, 0.4) is 0 Å². The Morgan fingerprint density at radius 2 is 1.65 bits per heavy atom. The lowest BCUT2D eigenvalue weighted by molar-refractivity contribution is -0.137. The molecule has 3 nitrogen and oxygen atoms in total. The molecule has 0 aromatic heterocycles. The van der Waals surface area contributed by atoms with Crippen molar-refractivity contribution < 1.29 is 30.4 Å². The van der Waals surface area contributed by atoms with E-state index in [1.54, 1.807) is 4.72 Å². The highest BCUT2D eigenvalue weighted by molar-refractivity contribution is 7.92. The van der Waals surface area contributed by atoms with Crippen LogP contribution in [0.1, 0.15) is 5.56 Å². The topological polar surface area (TPSA) is 46.2 Å². The van der Waals surface area contributed by atoms with Crippen molar-refractivity contribution in [3.05, 3.63) is 58.6 Å². The fraction of sp³-hybridized carbons (Fsp3) is 0.0769. The smallest absolute Gasteiger partial charge is 0.277 e. The molecule has 0 aliphatic carbocycles. The van der Waals surface area contributed by atoms with Gasteiger partial charge in [0.2, 0.25) is 0 Å². The number of rotatable bonds is 3. The summed E-state index contributed by atoms with van der Waals surface area (Å²) in [6.45, 7) is 0. The van der Waals surface area contributed by atoms with Crippen molar-refractivity contribution in [3.8, 4) is 0 Å². The van der Waals surface area contributed by atoms with Gasteiger partial charge in [-0.2, -0.15) is 13.2 Å². The minimum Gasteiger partial charge on any atom is -0.277 e. The summed E-state index contributed by atoms with van der Waals surface area (Å²) in [7, 11) is -4.61. The lowest BCUT2D eigenvalue weighted by atomic mass is 10.2. The van der Waals surface area contributed by atoms with E-state index in [0.29, 0.717) is 18.2 Å². The standard InChI is InChI=1S/C13H7ClF5NO2S/c14-9-3-1-7(13(17,18)19)5-12(9)23(21,22)20-11-4-2-8(15)6-10(11)16/h1-6,20H. The monoisotopic (exact) mass is 371 g/mol. The maximum absolute atomic E-state index is 13.5.